The fourth-order valence-corrected chi connectivity index (χ4v) is 5.14. The largest absolute Gasteiger partial charge is 0.495 e. The molecule has 0 saturated carbocycles. The summed E-state index contributed by atoms with van der Waals surface area (Å²) in [5.41, 5.74) is 2.59. The van der Waals surface area contributed by atoms with Gasteiger partial charge in [-0.3, -0.25) is 9.89 Å². The van der Waals surface area contributed by atoms with Crippen molar-refractivity contribution < 1.29 is 4.74 Å². The molecule has 2 N–H and O–H groups in total. The van der Waals surface area contributed by atoms with Gasteiger partial charge in [0, 0.05) is 51.9 Å². The Bertz CT molecular complexity index is 909. The zero-order chi connectivity index (χ0) is 23.0. The molecule has 0 aromatic heterocycles. The molecule has 0 amide bonds. The van der Waals surface area contributed by atoms with Crippen LogP contribution in [0.5, 0.6) is 5.75 Å². The van der Waals surface area contributed by atoms with Crippen molar-refractivity contribution in [3.05, 3.63) is 60.2 Å². The minimum atomic E-state index is 0. The lowest BCUT2D eigenvalue weighted by Crippen LogP contribution is -2.51. The molecule has 2 aliphatic rings. The average molecular weight is 578 g/mol. The van der Waals surface area contributed by atoms with E-state index in [1.54, 1.807) is 7.11 Å². The lowest BCUT2D eigenvalue weighted by Gasteiger charge is -2.38. The van der Waals surface area contributed by atoms with Gasteiger partial charge in [-0.1, -0.05) is 42.5 Å². The van der Waals surface area contributed by atoms with Crippen LogP contribution < -0.4 is 20.3 Å². The van der Waals surface area contributed by atoms with Crippen molar-refractivity contribution in [2.24, 2.45) is 10.9 Å². The third-order valence-electron chi connectivity index (χ3n) is 7.08. The number of hydrogen-bond donors (Lipinski definition) is 2. The van der Waals surface area contributed by atoms with Gasteiger partial charge < -0.3 is 20.3 Å². The number of aliphatic imine (C=N–C) groups is 1. The molecule has 2 aromatic carbocycles. The Balaban J connectivity index is 0.00000324. The van der Waals surface area contributed by atoms with Crippen LogP contribution in [0.3, 0.4) is 0 Å². The summed E-state index contributed by atoms with van der Waals surface area (Å²) < 4.78 is 5.55. The molecular weight excluding hydrogens is 537 g/mol. The molecule has 2 aliphatic heterocycles. The molecule has 186 valence electrons. The van der Waals surface area contributed by atoms with Gasteiger partial charge in [0.25, 0.3) is 0 Å². The maximum atomic E-state index is 5.55. The third-order valence-corrected chi connectivity index (χ3v) is 7.08. The minimum Gasteiger partial charge on any atom is -0.495 e. The van der Waals surface area contributed by atoms with E-state index in [1.165, 1.54) is 17.7 Å². The number of benzene rings is 2. The quantitative estimate of drug-likeness (QED) is 0.291. The zero-order valence-electron chi connectivity index (χ0n) is 20.7. The fraction of sp³-hybridized carbons (Fsp3) is 0.519. The minimum absolute atomic E-state index is 0. The molecule has 2 aromatic rings. The van der Waals surface area contributed by atoms with Gasteiger partial charge in [-0.05, 0) is 49.8 Å². The first kappa shape index (κ1) is 26.6. The molecule has 0 aliphatic carbocycles. The predicted molar refractivity (Wildman–Crippen MR) is 153 cm³/mol. The second-order valence-electron chi connectivity index (χ2n) is 9.40. The molecule has 2 heterocycles. The van der Waals surface area contributed by atoms with Gasteiger partial charge in [-0.25, -0.2) is 0 Å². The van der Waals surface area contributed by atoms with Crippen molar-refractivity contribution in [2.75, 3.05) is 45.2 Å². The van der Waals surface area contributed by atoms with Gasteiger partial charge in [0.1, 0.15) is 5.75 Å². The molecule has 0 radical (unpaired) electrons. The van der Waals surface area contributed by atoms with Crippen LogP contribution in [0.15, 0.2) is 59.6 Å². The molecular formula is C27H40IN5O. The average Bonchev–Trinajstić information content (AvgIpc) is 3.33. The summed E-state index contributed by atoms with van der Waals surface area (Å²) in [4.78, 5) is 9.53. The molecule has 2 saturated heterocycles. The van der Waals surface area contributed by atoms with Crippen LogP contribution in [0, 0.1) is 5.92 Å². The van der Waals surface area contributed by atoms with E-state index in [4.69, 9.17) is 4.74 Å². The Kier molecular flexibility index (Phi) is 10.3. The molecule has 3 atom stereocenters. The zero-order valence-corrected chi connectivity index (χ0v) is 23.1. The smallest absolute Gasteiger partial charge is 0.191 e. The third kappa shape index (κ3) is 7.01. The Morgan fingerprint density at radius 3 is 2.56 bits per heavy atom. The van der Waals surface area contributed by atoms with E-state index < -0.39 is 0 Å². The van der Waals surface area contributed by atoms with Gasteiger partial charge in [0.2, 0.25) is 0 Å². The molecule has 0 spiro atoms. The van der Waals surface area contributed by atoms with E-state index in [0.29, 0.717) is 18.0 Å². The summed E-state index contributed by atoms with van der Waals surface area (Å²) in [6, 6.07) is 20.1. The predicted octanol–water partition coefficient (Wildman–Crippen LogP) is 4.36. The van der Waals surface area contributed by atoms with Gasteiger partial charge in [-0.2, -0.15) is 0 Å². The van der Waals surface area contributed by atoms with E-state index in [-0.39, 0.29) is 24.0 Å². The van der Waals surface area contributed by atoms with E-state index in [2.05, 4.69) is 74.8 Å². The number of guanidine groups is 1. The number of likely N-dealkylation sites (tertiary alicyclic amines) is 1. The highest BCUT2D eigenvalue weighted by Crippen LogP contribution is 2.31. The van der Waals surface area contributed by atoms with Crippen molar-refractivity contribution in [2.45, 2.75) is 44.8 Å². The molecule has 4 rings (SSSR count). The molecule has 7 heteroatoms. The molecule has 3 unspecified atom stereocenters. The highest BCUT2D eigenvalue weighted by molar-refractivity contribution is 14.0. The lowest BCUT2D eigenvalue weighted by molar-refractivity contribution is 0.134. The SMILES string of the molecule is CN=C(NCC1CCN(c2ccccc2OC)C1)NC1CCN(Cc2ccccc2)C(C)C1.I. The normalized spacial score (nSPS) is 23.3. The van der Waals surface area contributed by atoms with Crippen LogP contribution in [0.2, 0.25) is 0 Å². The van der Waals surface area contributed by atoms with Crippen molar-refractivity contribution in [1.29, 1.82) is 0 Å². The summed E-state index contributed by atoms with van der Waals surface area (Å²) in [6.07, 6.45) is 3.46. The van der Waals surface area contributed by atoms with Crippen LogP contribution in [0.4, 0.5) is 5.69 Å². The Morgan fingerprint density at radius 2 is 1.82 bits per heavy atom. The molecule has 6 nitrogen and oxygen atoms in total. The van der Waals surface area contributed by atoms with E-state index in [9.17, 15) is 0 Å². The number of piperidine rings is 1. The maximum Gasteiger partial charge on any atom is 0.191 e. The van der Waals surface area contributed by atoms with E-state index in [1.807, 2.05) is 19.2 Å². The van der Waals surface area contributed by atoms with Crippen molar-refractivity contribution in [1.82, 2.24) is 15.5 Å². The summed E-state index contributed by atoms with van der Waals surface area (Å²) in [5, 5.41) is 7.28. The number of halogens is 1. The fourth-order valence-electron chi connectivity index (χ4n) is 5.14. The number of nitrogens with one attached hydrogen (secondary N) is 2. The van der Waals surface area contributed by atoms with Crippen LogP contribution in [0.1, 0.15) is 31.7 Å². The number of nitrogens with zero attached hydrogens (tertiary/aromatic N) is 3. The van der Waals surface area contributed by atoms with Gasteiger partial charge >= 0.3 is 0 Å². The summed E-state index contributed by atoms with van der Waals surface area (Å²) >= 11 is 0. The van der Waals surface area contributed by atoms with Crippen molar-refractivity contribution in [3.63, 3.8) is 0 Å². The van der Waals surface area contributed by atoms with Gasteiger partial charge in [0.05, 0.1) is 12.8 Å². The molecule has 34 heavy (non-hydrogen) atoms. The van der Waals surface area contributed by atoms with Crippen LogP contribution in [0.25, 0.3) is 0 Å². The first-order valence-corrected chi connectivity index (χ1v) is 12.3. The maximum absolute atomic E-state index is 5.55. The van der Waals surface area contributed by atoms with Crippen molar-refractivity contribution in [3.8, 4) is 5.75 Å². The highest BCUT2D eigenvalue weighted by atomic mass is 127. The summed E-state index contributed by atoms with van der Waals surface area (Å²) in [7, 11) is 3.62. The summed E-state index contributed by atoms with van der Waals surface area (Å²) in [6.45, 7) is 7.54. The van der Waals surface area contributed by atoms with Gasteiger partial charge in [-0.15, -0.1) is 24.0 Å². The molecule has 2 fully saturated rings. The van der Waals surface area contributed by atoms with Gasteiger partial charge in [0.15, 0.2) is 5.96 Å². The Morgan fingerprint density at radius 1 is 1.06 bits per heavy atom. The lowest BCUT2D eigenvalue weighted by atomic mass is 9.97. The first-order valence-electron chi connectivity index (χ1n) is 12.3. The van der Waals surface area contributed by atoms with E-state index in [0.717, 1.165) is 57.3 Å². The standard InChI is InChI=1S/C27H39N5O.HI/c1-21-17-24(14-16-31(21)19-22-9-5-4-6-10-22)30-27(28-2)29-18-23-13-15-32(20-23)25-11-7-8-12-26(25)33-3;/h4-12,21,23-24H,13-20H2,1-3H3,(H2,28,29,30);1H. The first-order chi connectivity index (χ1) is 16.2. The number of ether oxygens (including phenoxy) is 1. The number of methoxy groups -OCH3 is 1. The Labute approximate surface area is 222 Å². The second-order valence-corrected chi connectivity index (χ2v) is 9.40. The second kappa shape index (κ2) is 13.2. The molecule has 0 bridgehead atoms. The highest BCUT2D eigenvalue weighted by Gasteiger charge is 2.27. The van der Waals surface area contributed by atoms with Crippen molar-refractivity contribution >= 4 is 35.6 Å². The number of hydrogen-bond acceptors (Lipinski definition) is 4. The monoisotopic (exact) mass is 577 g/mol. The number of para-hydroxylation sites is 2. The van der Waals surface area contributed by atoms with Crippen LogP contribution in [-0.2, 0) is 6.54 Å². The topological polar surface area (TPSA) is 52.1 Å². The Hall–Kier alpha value is -2.00. The van der Waals surface area contributed by atoms with Crippen LogP contribution >= 0.6 is 24.0 Å². The van der Waals surface area contributed by atoms with E-state index >= 15 is 0 Å². The number of anilines is 1. The summed E-state index contributed by atoms with van der Waals surface area (Å²) in [5.74, 6) is 2.48. The number of rotatable bonds is 7. The van der Waals surface area contributed by atoms with Crippen LogP contribution in [-0.4, -0.2) is 63.3 Å².